The van der Waals surface area contributed by atoms with Crippen LogP contribution in [-0.2, 0) is 13.1 Å². The Hall–Kier alpha value is -0.450. The fourth-order valence-corrected chi connectivity index (χ4v) is 2.34. The van der Waals surface area contributed by atoms with Gasteiger partial charge >= 0.3 is 0 Å². The quantitative estimate of drug-likeness (QED) is 0.714. The maximum absolute atomic E-state index is 5.89. The number of rotatable bonds is 0. The van der Waals surface area contributed by atoms with Crippen LogP contribution >= 0.6 is 28.3 Å². The summed E-state index contributed by atoms with van der Waals surface area (Å²) in [5, 5.41) is 0. The second kappa shape index (κ2) is 3.96. The van der Waals surface area contributed by atoms with Crippen LogP contribution < -0.4 is 11.5 Å². The number of nitrogen functional groups attached to an aromatic ring is 2. The monoisotopic (exact) mass is 277 g/mol. The van der Waals surface area contributed by atoms with Gasteiger partial charge in [-0.05, 0) is 24.2 Å². The fraction of sp³-hybridized carbons (Fsp3) is 0.333. The summed E-state index contributed by atoms with van der Waals surface area (Å²) in [5.41, 5.74) is 15.5. The van der Waals surface area contributed by atoms with E-state index in [4.69, 9.17) is 11.5 Å². The lowest BCUT2D eigenvalue weighted by molar-refractivity contribution is 0.353. The Labute approximate surface area is 98.0 Å². The smallest absolute Gasteiger partial charge is 0.0597 e. The third-order valence-electron chi connectivity index (χ3n) is 2.43. The molecule has 0 fully saturated rings. The Morgan fingerprint density at radius 2 is 1.86 bits per heavy atom. The highest BCUT2D eigenvalue weighted by Gasteiger charge is 2.21. The van der Waals surface area contributed by atoms with Gasteiger partial charge in [0.25, 0.3) is 0 Å². The van der Waals surface area contributed by atoms with E-state index in [1.807, 2.05) is 6.07 Å². The molecule has 0 bridgehead atoms. The second-order valence-electron chi connectivity index (χ2n) is 3.49. The van der Waals surface area contributed by atoms with Gasteiger partial charge in [0, 0.05) is 17.6 Å². The van der Waals surface area contributed by atoms with Crippen LogP contribution in [0.25, 0.3) is 0 Å². The lowest BCUT2D eigenvalue weighted by Crippen LogP contribution is -2.08. The van der Waals surface area contributed by atoms with Crippen molar-refractivity contribution in [2.24, 2.45) is 0 Å². The summed E-state index contributed by atoms with van der Waals surface area (Å²) in [6, 6.07) is 1.88. The number of fused-ring (bicyclic) bond motifs is 1. The Balaban J connectivity index is 0.000000980. The van der Waals surface area contributed by atoms with Crippen LogP contribution in [0.2, 0.25) is 0 Å². The Bertz CT molecular complexity index is 368. The van der Waals surface area contributed by atoms with E-state index in [0.29, 0.717) is 5.69 Å². The third kappa shape index (κ3) is 1.69. The van der Waals surface area contributed by atoms with E-state index in [2.05, 4.69) is 27.9 Å². The minimum atomic E-state index is 0. The molecule has 0 spiro atoms. The van der Waals surface area contributed by atoms with Gasteiger partial charge in [0.05, 0.1) is 11.4 Å². The van der Waals surface area contributed by atoms with Crippen LogP contribution in [0.1, 0.15) is 11.1 Å². The maximum atomic E-state index is 5.89. The number of halogens is 2. The molecule has 0 radical (unpaired) electrons. The largest absolute Gasteiger partial charge is 0.397 e. The van der Waals surface area contributed by atoms with E-state index in [9.17, 15) is 0 Å². The first-order chi connectivity index (χ1) is 6.09. The minimum absolute atomic E-state index is 0. The fourth-order valence-electron chi connectivity index (χ4n) is 1.73. The first-order valence-corrected chi connectivity index (χ1v) is 4.92. The molecule has 1 aliphatic rings. The highest BCUT2D eigenvalue weighted by molar-refractivity contribution is 9.10. The molecule has 1 aromatic carbocycles. The highest BCUT2D eigenvalue weighted by atomic mass is 79.9. The van der Waals surface area contributed by atoms with Crippen molar-refractivity contribution < 1.29 is 0 Å². The summed E-state index contributed by atoms with van der Waals surface area (Å²) in [6.07, 6.45) is 0. The zero-order chi connectivity index (χ0) is 9.59. The molecule has 78 valence electrons. The predicted molar refractivity (Wildman–Crippen MR) is 65.4 cm³/mol. The van der Waals surface area contributed by atoms with Gasteiger partial charge in [0.2, 0.25) is 0 Å². The molecule has 5 heteroatoms. The van der Waals surface area contributed by atoms with Gasteiger partial charge in [-0.2, -0.15) is 0 Å². The lowest BCUT2D eigenvalue weighted by atomic mass is 10.1. The zero-order valence-electron chi connectivity index (χ0n) is 7.88. The first-order valence-electron chi connectivity index (χ1n) is 4.13. The maximum Gasteiger partial charge on any atom is 0.0597 e. The number of nitrogens with two attached hydrogens (primary N) is 2. The molecule has 0 unspecified atom stereocenters. The molecule has 14 heavy (non-hydrogen) atoms. The molecule has 2 rings (SSSR count). The molecular weight excluding hydrogens is 265 g/mol. The van der Waals surface area contributed by atoms with E-state index in [1.165, 1.54) is 11.1 Å². The lowest BCUT2D eigenvalue weighted by Gasteiger charge is -2.07. The minimum Gasteiger partial charge on any atom is -0.397 e. The van der Waals surface area contributed by atoms with Gasteiger partial charge in [-0.25, -0.2) is 0 Å². The molecule has 3 nitrogen and oxygen atoms in total. The summed E-state index contributed by atoms with van der Waals surface area (Å²) in [6.45, 7) is 1.84. The SMILES string of the molecule is CN1Cc2c(Br)cc(N)c(N)c2C1.Cl. The molecule has 0 aromatic heterocycles. The van der Waals surface area contributed by atoms with Gasteiger partial charge in [-0.1, -0.05) is 15.9 Å². The van der Waals surface area contributed by atoms with Crippen molar-refractivity contribution in [1.82, 2.24) is 4.90 Å². The topological polar surface area (TPSA) is 55.3 Å². The Kier molecular flexibility index (Phi) is 3.29. The van der Waals surface area contributed by atoms with E-state index >= 15 is 0 Å². The van der Waals surface area contributed by atoms with E-state index < -0.39 is 0 Å². The predicted octanol–water partition coefficient (Wildman–Crippen LogP) is 1.98. The third-order valence-corrected chi connectivity index (χ3v) is 3.13. The van der Waals surface area contributed by atoms with Crippen LogP contribution in [0.4, 0.5) is 11.4 Å². The van der Waals surface area contributed by atoms with Crippen LogP contribution in [0.3, 0.4) is 0 Å². The molecule has 1 aromatic rings. The number of nitrogens with zero attached hydrogens (tertiary/aromatic N) is 1. The summed E-state index contributed by atoms with van der Waals surface area (Å²) in [7, 11) is 2.07. The van der Waals surface area contributed by atoms with Crippen molar-refractivity contribution in [2.75, 3.05) is 18.5 Å². The number of hydrogen-bond acceptors (Lipinski definition) is 3. The van der Waals surface area contributed by atoms with Crippen molar-refractivity contribution in [2.45, 2.75) is 13.1 Å². The van der Waals surface area contributed by atoms with Crippen molar-refractivity contribution in [1.29, 1.82) is 0 Å². The van der Waals surface area contributed by atoms with Gasteiger partial charge in [-0.15, -0.1) is 12.4 Å². The molecule has 0 aliphatic carbocycles. The van der Waals surface area contributed by atoms with Crippen molar-refractivity contribution >= 4 is 39.7 Å². The van der Waals surface area contributed by atoms with Crippen molar-refractivity contribution in [3.05, 3.63) is 21.7 Å². The van der Waals surface area contributed by atoms with Crippen molar-refractivity contribution in [3.63, 3.8) is 0 Å². The van der Waals surface area contributed by atoms with Crippen LogP contribution in [0.15, 0.2) is 10.5 Å². The van der Waals surface area contributed by atoms with Gasteiger partial charge in [-0.3, -0.25) is 4.90 Å². The Morgan fingerprint density at radius 3 is 2.50 bits per heavy atom. The molecule has 1 aliphatic heterocycles. The van der Waals surface area contributed by atoms with Crippen LogP contribution in [0.5, 0.6) is 0 Å². The highest BCUT2D eigenvalue weighted by Crippen LogP contribution is 2.36. The normalized spacial score (nSPS) is 15.0. The second-order valence-corrected chi connectivity index (χ2v) is 4.35. The molecule has 0 saturated heterocycles. The van der Waals surface area contributed by atoms with E-state index in [0.717, 1.165) is 23.2 Å². The van der Waals surface area contributed by atoms with Crippen molar-refractivity contribution in [3.8, 4) is 0 Å². The van der Waals surface area contributed by atoms with Crippen LogP contribution in [-0.4, -0.2) is 11.9 Å². The molecule has 1 heterocycles. The van der Waals surface area contributed by atoms with Crippen LogP contribution in [0, 0.1) is 0 Å². The van der Waals surface area contributed by atoms with E-state index in [1.54, 1.807) is 0 Å². The van der Waals surface area contributed by atoms with E-state index in [-0.39, 0.29) is 12.4 Å². The van der Waals surface area contributed by atoms with Gasteiger partial charge < -0.3 is 11.5 Å². The average Bonchev–Trinajstić information content (AvgIpc) is 2.44. The molecule has 0 atom stereocenters. The number of anilines is 2. The molecule has 0 saturated carbocycles. The Morgan fingerprint density at radius 1 is 1.29 bits per heavy atom. The summed E-state index contributed by atoms with van der Waals surface area (Å²) >= 11 is 3.50. The summed E-state index contributed by atoms with van der Waals surface area (Å²) in [4.78, 5) is 2.21. The standard InChI is InChI=1S/C9H12BrN3.ClH/c1-13-3-5-6(4-13)9(12)8(11)2-7(5)10;/h2H,3-4,11-12H2,1H3;1H. The van der Waals surface area contributed by atoms with Gasteiger partial charge in [0.1, 0.15) is 0 Å². The number of hydrogen-bond donors (Lipinski definition) is 2. The van der Waals surface area contributed by atoms with Gasteiger partial charge in [0.15, 0.2) is 0 Å². The first kappa shape index (κ1) is 11.6. The average molecular weight is 279 g/mol. The molecule has 0 amide bonds. The summed E-state index contributed by atoms with van der Waals surface area (Å²) in [5.74, 6) is 0. The number of benzene rings is 1. The summed E-state index contributed by atoms with van der Waals surface area (Å²) < 4.78 is 1.07. The molecular formula is C9H13BrClN3. The zero-order valence-corrected chi connectivity index (χ0v) is 10.3. The molecule has 4 N–H and O–H groups in total.